The number of rotatable bonds is 6. The SMILES string of the molecule is COC(C)C(=O)NC(CCN)C(C)C. The lowest BCUT2D eigenvalue weighted by atomic mass is 10.0. The van der Waals surface area contributed by atoms with Crippen molar-refractivity contribution in [3.8, 4) is 0 Å². The van der Waals surface area contributed by atoms with E-state index in [1.807, 2.05) is 0 Å². The number of nitrogens with two attached hydrogens (primary N) is 1. The molecule has 0 aromatic carbocycles. The monoisotopic (exact) mass is 202 g/mol. The molecule has 84 valence electrons. The van der Waals surface area contributed by atoms with Crippen LogP contribution >= 0.6 is 0 Å². The molecule has 0 spiro atoms. The summed E-state index contributed by atoms with van der Waals surface area (Å²) in [7, 11) is 1.53. The van der Waals surface area contributed by atoms with Gasteiger partial charge >= 0.3 is 0 Å². The molecule has 0 aromatic rings. The highest BCUT2D eigenvalue weighted by Gasteiger charge is 2.18. The molecule has 3 N–H and O–H groups in total. The molecular formula is C10H22N2O2. The summed E-state index contributed by atoms with van der Waals surface area (Å²) in [6.45, 7) is 6.45. The van der Waals surface area contributed by atoms with Crippen molar-refractivity contribution in [3.63, 3.8) is 0 Å². The average molecular weight is 202 g/mol. The van der Waals surface area contributed by atoms with E-state index in [2.05, 4.69) is 19.2 Å². The Labute approximate surface area is 86.2 Å². The highest BCUT2D eigenvalue weighted by atomic mass is 16.5. The first kappa shape index (κ1) is 13.4. The Hall–Kier alpha value is -0.610. The van der Waals surface area contributed by atoms with Crippen LogP contribution in [0.5, 0.6) is 0 Å². The second-order valence-electron chi connectivity index (χ2n) is 3.81. The Morgan fingerprint density at radius 2 is 2.00 bits per heavy atom. The van der Waals surface area contributed by atoms with Crippen LogP contribution < -0.4 is 11.1 Å². The summed E-state index contributed by atoms with van der Waals surface area (Å²) in [5, 5.41) is 2.92. The van der Waals surface area contributed by atoms with E-state index in [9.17, 15) is 4.79 Å². The normalized spacial score (nSPS) is 15.3. The zero-order valence-electron chi connectivity index (χ0n) is 9.54. The minimum atomic E-state index is -0.394. The predicted molar refractivity (Wildman–Crippen MR) is 56.9 cm³/mol. The molecule has 0 radical (unpaired) electrons. The minimum Gasteiger partial charge on any atom is -0.372 e. The van der Waals surface area contributed by atoms with E-state index >= 15 is 0 Å². The molecule has 14 heavy (non-hydrogen) atoms. The second kappa shape index (κ2) is 6.79. The van der Waals surface area contributed by atoms with Crippen LogP contribution in [0, 0.1) is 5.92 Å². The quantitative estimate of drug-likeness (QED) is 0.659. The maximum atomic E-state index is 11.5. The summed E-state index contributed by atoms with van der Waals surface area (Å²) in [6.07, 6.45) is 0.411. The van der Waals surface area contributed by atoms with Crippen LogP contribution in [0.4, 0.5) is 0 Å². The molecule has 2 unspecified atom stereocenters. The number of hydrogen-bond acceptors (Lipinski definition) is 3. The average Bonchev–Trinajstić information content (AvgIpc) is 2.15. The van der Waals surface area contributed by atoms with Gasteiger partial charge in [0.2, 0.25) is 5.91 Å². The molecule has 2 atom stereocenters. The van der Waals surface area contributed by atoms with Crippen molar-refractivity contribution in [2.45, 2.75) is 39.3 Å². The number of nitrogens with one attached hydrogen (secondary N) is 1. The number of carbonyl (C=O) groups is 1. The number of carbonyl (C=O) groups excluding carboxylic acids is 1. The zero-order valence-corrected chi connectivity index (χ0v) is 9.54. The molecule has 4 nitrogen and oxygen atoms in total. The lowest BCUT2D eigenvalue weighted by Gasteiger charge is -2.23. The molecule has 0 saturated carbocycles. The molecule has 0 fully saturated rings. The van der Waals surface area contributed by atoms with Gasteiger partial charge < -0.3 is 15.8 Å². The van der Waals surface area contributed by atoms with Gasteiger partial charge in [-0.05, 0) is 25.8 Å². The van der Waals surface area contributed by atoms with Crippen molar-refractivity contribution >= 4 is 5.91 Å². The van der Waals surface area contributed by atoms with Crippen molar-refractivity contribution in [1.82, 2.24) is 5.32 Å². The summed E-state index contributed by atoms with van der Waals surface area (Å²) in [5.74, 6) is 0.325. The van der Waals surface area contributed by atoms with Crippen LogP contribution in [-0.2, 0) is 9.53 Å². The third-order valence-electron chi connectivity index (χ3n) is 2.33. The summed E-state index contributed by atoms with van der Waals surface area (Å²) >= 11 is 0. The lowest BCUT2D eigenvalue weighted by Crippen LogP contribution is -2.44. The van der Waals surface area contributed by atoms with Crippen LogP contribution in [0.2, 0.25) is 0 Å². The largest absolute Gasteiger partial charge is 0.372 e. The lowest BCUT2D eigenvalue weighted by molar-refractivity contribution is -0.131. The van der Waals surface area contributed by atoms with E-state index < -0.39 is 6.10 Å². The van der Waals surface area contributed by atoms with E-state index in [4.69, 9.17) is 10.5 Å². The highest BCUT2D eigenvalue weighted by Crippen LogP contribution is 2.05. The Balaban J connectivity index is 4.08. The highest BCUT2D eigenvalue weighted by molar-refractivity contribution is 5.80. The standard InChI is InChI=1S/C10H22N2O2/c1-7(2)9(5-6-11)12-10(13)8(3)14-4/h7-9H,5-6,11H2,1-4H3,(H,12,13). The van der Waals surface area contributed by atoms with Crippen LogP contribution in [0.25, 0.3) is 0 Å². The molecule has 4 heteroatoms. The molecule has 0 rings (SSSR count). The van der Waals surface area contributed by atoms with E-state index in [1.54, 1.807) is 6.92 Å². The first-order valence-electron chi connectivity index (χ1n) is 5.06. The van der Waals surface area contributed by atoms with Gasteiger partial charge in [-0.15, -0.1) is 0 Å². The van der Waals surface area contributed by atoms with Gasteiger partial charge in [0.15, 0.2) is 0 Å². The van der Waals surface area contributed by atoms with Crippen molar-refractivity contribution < 1.29 is 9.53 Å². The fourth-order valence-electron chi connectivity index (χ4n) is 1.16. The molecule has 0 aromatic heterocycles. The summed E-state index contributed by atoms with van der Waals surface area (Å²) in [4.78, 5) is 11.5. The first-order chi connectivity index (χ1) is 6.52. The number of amides is 1. The van der Waals surface area contributed by atoms with Gasteiger partial charge in [0.05, 0.1) is 0 Å². The maximum absolute atomic E-state index is 11.5. The number of methoxy groups -OCH3 is 1. The number of ether oxygens (including phenoxy) is 1. The predicted octanol–water partition coefficient (Wildman–Crippen LogP) is 0.511. The maximum Gasteiger partial charge on any atom is 0.249 e. The van der Waals surface area contributed by atoms with Gasteiger partial charge in [-0.2, -0.15) is 0 Å². The first-order valence-corrected chi connectivity index (χ1v) is 5.06. The van der Waals surface area contributed by atoms with Gasteiger partial charge in [0.1, 0.15) is 6.10 Å². The molecular weight excluding hydrogens is 180 g/mol. The Morgan fingerprint density at radius 3 is 2.36 bits per heavy atom. The fourth-order valence-corrected chi connectivity index (χ4v) is 1.16. The van der Waals surface area contributed by atoms with Gasteiger partial charge in [0, 0.05) is 13.2 Å². The van der Waals surface area contributed by atoms with Crippen LogP contribution in [0.15, 0.2) is 0 Å². The molecule has 0 saturated heterocycles. The summed E-state index contributed by atoms with van der Waals surface area (Å²) in [6, 6.07) is 0.144. The Morgan fingerprint density at radius 1 is 1.43 bits per heavy atom. The van der Waals surface area contributed by atoms with Gasteiger partial charge in [-0.1, -0.05) is 13.8 Å². The van der Waals surface area contributed by atoms with Crippen LogP contribution in [0.1, 0.15) is 27.2 Å². The third-order valence-corrected chi connectivity index (χ3v) is 2.33. The second-order valence-corrected chi connectivity index (χ2v) is 3.81. The van der Waals surface area contributed by atoms with E-state index in [0.29, 0.717) is 12.5 Å². The molecule has 1 amide bonds. The van der Waals surface area contributed by atoms with Crippen molar-refractivity contribution in [2.24, 2.45) is 11.7 Å². The molecule has 0 aliphatic rings. The van der Waals surface area contributed by atoms with Crippen LogP contribution in [-0.4, -0.2) is 31.7 Å². The summed E-state index contributed by atoms with van der Waals surface area (Å²) < 4.78 is 4.93. The Bertz CT molecular complexity index is 172. The summed E-state index contributed by atoms with van der Waals surface area (Å²) in [5.41, 5.74) is 5.47. The van der Waals surface area contributed by atoms with Crippen molar-refractivity contribution in [2.75, 3.05) is 13.7 Å². The molecule has 0 heterocycles. The molecule has 0 aliphatic heterocycles. The van der Waals surface area contributed by atoms with E-state index in [-0.39, 0.29) is 11.9 Å². The third kappa shape index (κ3) is 4.58. The van der Waals surface area contributed by atoms with E-state index in [0.717, 1.165) is 6.42 Å². The molecule has 0 aliphatic carbocycles. The van der Waals surface area contributed by atoms with Crippen molar-refractivity contribution in [1.29, 1.82) is 0 Å². The van der Waals surface area contributed by atoms with Crippen molar-refractivity contribution in [3.05, 3.63) is 0 Å². The van der Waals surface area contributed by atoms with Crippen LogP contribution in [0.3, 0.4) is 0 Å². The smallest absolute Gasteiger partial charge is 0.249 e. The minimum absolute atomic E-state index is 0.0698. The zero-order chi connectivity index (χ0) is 11.1. The van der Waals surface area contributed by atoms with Gasteiger partial charge in [-0.25, -0.2) is 0 Å². The van der Waals surface area contributed by atoms with Gasteiger partial charge in [0.25, 0.3) is 0 Å². The molecule has 0 bridgehead atoms. The van der Waals surface area contributed by atoms with E-state index in [1.165, 1.54) is 7.11 Å². The Kier molecular flexibility index (Phi) is 6.49. The topological polar surface area (TPSA) is 64.3 Å². The van der Waals surface area contributed by atoms with Gasteiger partial charge in [-0.3, -0.25) is 4.79 Å². The number of hydrogen-bond donors (Lipinski definition) is 2. The fraction of sp³-hybridized carbons (Fsp3) is 0.900.